The quantitative estimate of drug-likeness (QED) is 0.765. The number of nitrogens with one attached hydrogen (secondary N) is 1. The lowest BCUT2D eigenvalue weighted by atomic mass is 9.60. The van der Waals surface area contributed by atoms with E-state index in [1.807, 2.05) is 0 Å². The molecule has 0 aromatic carbocycles. The van der Waals surface area contributed by atoms with Crippen LogP contribution in [0, 0.1) is 11.3 Å². The first-order chi connectivity index (χ1) is 8.64. The van der Waals surface area contributed by atoms with E-state index < -0.39 is 0 Å². The highest BCUT2D eigenvalue weighted by Crippen LogP contribution is 2.54. The summed E-state index contributed by atoms with van der Waals surface area (Å²) in [6.07, 6.45) is 6.85. The SMILES string of the molecule is CCOC1CC(N[C@H](CO)C(C)C)C12CCCC2. The summed E-state index contributed by atoms with van der Waals surface area (Å²) in [5.74, 6) is 0.486. The number of aliphatic hydroxyl groups is 1. The third kappa shape index (κ3) is 2.45. The minimum Gasteiger partial charge on any atom is -0.395 e. The van der Waals surface area contributed by atoms with Crippen LogP contribution < -0.4 is 5.32 Å². The molecule has 18 heavy (non-hydrogen) atoms. The molecule has 1 spiro atoms. The first-order valence-electron chi connectivity index (χ1n) is 7.62. The lowest BCUT2D eigenvalue weighted by molar-refractivity contribution is -0.134. The van der Waals surface area contributed by atoms with Crippen LogP contribution in [-0.2, 0) is 4.74 Å². The Morgan fingerprint density at radius 1 is 1.33 bits per heavy atom. The number of aliphatic hydroxyl groups excluding tert-OH is 1. The summed E-state index contributed by atoms with van der Waals surface area (Å²) < 4.78 is 5.92. The molecule has 2 N–H and O–H groups in total. The van der Waals surface area contributed by atoms with Crippen molar-refractivity contribution >= 4 is 0 Å². The van der Waals surface area contributed by atoms with E-state index in [2.05, 4.69) is 26.1 Å². The van der Waals surface area contributed by atoms with Crippen molar-refractivity contribution in [3.8, 4) is 0 Å². The topological polar surface area (TPSA) is 41.5 Å². The van der Waals surface area contributed by atoms with Gasteiger partial charge in [-0.1, -0.05) is 26.7 Å². The molecule has 0 radical (unpaired) electrons. The summed E-state index contributed by atoms with van der Waals surface area (Å²) in [5.41, 5.74) is 0.373. The maximum Gasteiger partial charge on any atom is 0.0661 e. The molecule has 2 aliphatic rings. The number of hydrogen-bond acceptors (Lipinski definition) is 3. The van der Waals surface area contributed by atoms with E-state index in [1.54, 1.807) is 0 Å². The van der Waals surface area contributed by atoms with Crippen molar-refractivity contribution in [2.75, 3.05) is 13.2 Å². The number of hydrogen-bond donors (Lipinski definition) is 2. The molecule has 3 heteroatoms. The molecule has 3 atom stereocenters. The van der Waals surface area contributed by atoms with Crippen molar-refractivity contribution in [3.63, 3.8) is 0 Å². The summed E-state index contributed by atoms with van der Waals surface area (Å²) in [6, 6.07) is 0.783. The average molecular weight is 255 g/mol. The summed E-state index contributed by atoms with van der Waals surface area (Å²) in [6.45, 7) is 7.51. The van der Waals surface area contributed by atoms with Crippen molar-refractivity contribution < 1.29 is 9.84 Å². The van der Waals surface area contributed by atoms with E-state index in [-0.39, 0.29) is 12.6 Å². The van der Waals surface area contributed by atoms with Gasteiger partial charge in [0.1, 0.15) is 0 Å². The minimum absolute atomic E-state index is 0.232. The van der Waals surface area contributed by atoms with Crippen molar-refractivity contribution in [2.24, 2.45) is 11.3 Å². The molecule has 0 aromatic heterocycles. The van der Waals surface area contributed by atoms with Crippen LogP contribution in [0.3, 0.4) is 0 Å². The lowest BCUT2D eigenvalue weighted by Crippen LogP contribution is -2.65. The predicted molar refractivity (Wildman–Crippen MR) is 73.6 cm³/mol. The van der Waals surface area contributed by atoms with Crippen LogP contribution in [0.15, 0.2) is 0 Å². The molecule has 2 saturated carbocycles. The summed E-state index contributed by atoms with van der Waals surface area (Å²) in [5, 5.41) is 13.2. The normalized spacial score (nSPS) is 31.8. The molecule has 0 aromatic rings. The molecule has 0 saturated heterocycles. The van der Waals surface area contributed by atoms with Gasteiger partial charge in [0.25, 0.3) is 0 Å². The van der Waals surface area contributed by atoms with Crippen molar-refractivity contribution in [3.05, 3.63) is 0 Å². The van der Waals surface area contributed by atoms with Crippen LogP contribution in [0.2, 0.25) is 0 Å². The van der Waals surface area contributed by atoms with Crippen LogP contribution in [0.1, 0.15) is 52.9 Å². The van der Waals surface area contributed by atoms with Gasteiger partial charge in [-0.05, 0) is 32.1 Å². The maximum atomic E-state index is 9.47. The van der Waals surface area contributed by atoms with Crippen LogP contribution in [0.25, 0.3) is 0 Å². The van der Waals surface area contributed by atoms with Crippen molar-refractivity contribution in [2.45, 2.75) is 71.1 Å². The molecular formula is C15H29NO2. The van der Waals surface area contributed by atoms with E-state index in [9.17, 15) is 5.11 Å². The second-order valence-electron chi connectivity index (χ2n) is 6.37. The van der Waals surface area contributed by atoms with Gasteiger partial charge >= 0.3 is 0 Å². The molecule has 2 fully saturated rings. The second kappa shape index (κ2) is 5.89. The molecular weight excluding hydrogens is 226 g/mol. The van der Waals surface area contributed by atoms with E-state index >= 15 is 0 Å². The second-order valence-corrected chi connectivity index (χ2v) is 6.37. The molecule has 0 heterocycles. The minimum atomic E-state index is 0.232. The van der Waals surface area contributed by atoms with E-state index in [0.717, 1.165) is 13.0 Å². The van der Waals surface area contributed by atoms with Gasteiger partial charge in [-0.2, -0.15) is 0 Å². The maximum absolute atomic E-state index is 9.47. The zero-order valence-corrected chi connectivity index (χ0v) is 12.1. The number of rotatable bonds is 6. The highest BCUT2D eigenvalue weighted by molar-refractivity contribution is 5.10. The molecule has 106 valence electrons. The van der Waals surface area contributed by atoms with E-state index in [0.29, 0.717) is 23.5 Å². The Bertz CT molecular complexity index is 261. The summed E-state index contributed by atoms with van der Waals surface area (Å²) in [4.78, 5) is 0. The van der Waals surface area contributed by atoms with E-state index in [4.69, 9.17) is 4.74 Å². The fourth-order valence-corrected chi connectivity index (χ4v) is 3.83. The molecule has 2 unspecified atom stereocenters. The molecule has 3 nitrogen and oxygen atoms in total. The molecule has 2 aliphatic carbocycles. The Hall–Kier alpha value is -0.120. The smallest absolute Gasteiger partial charge is 0.0661 e. The van der Waals surface area contributed by atoms with Crippen LogP contribution in [0.4, 0.5) is 0 Å². The zero-order valence-electron chi connectivity index (χ0n) is 12.1. The Kier molecular flexibility index (Phi) is 4.68. The van der Waals surface area contributed by atoms with Gasteiger partial charge in [0.15, 0.2) is 0 Å². The largest absolute Gasteiger partial charge is 0.395 e. The lowest BCUT2D eigenvalue weighted by Gasteiger charge is -2.55. The van der Waals surface area contributed by atoms with Gasteiger partial charge in [-0.25, -0.2) is 0 Å². The average Bonchev–Trinajstić information content (AvgIpc) is 2.84. The first kappa shape index (κ1) is 14.3. The Balaban J connectivity index is 1.97. The summed E-state index contributed by atoms with van der Waals surface area (Å²) >= 11 is 0. The Labute approximate surface area is 111 Å². The third-order valence-corrected chi connectivity index (χ3v) is 5.10. The third-order valence-electron chi connectivity index (χ3n) is 5.10. The molecule has 0 aliphatic heterocycles. The standard InChI is InChI=1S/C15H29NO2/c1-4-18-14-9-13(15(14)7-5-6-8-15)16-12(10-17)11(2)3/h11-14,16-17H,4-10H2,1-3H3/t12-,13?,14?/m1/s1. The zero-order chi connectivity index (χ0) is 13.2. The fourth-order valence-electron chi connectivity index (χ4n) is 3.83. The van der Waals surface area contributed by atoms with Gasteiger partial charge in [0, 0.05) is 24.1 Å². The van der Waals surface area contributed by atoms with Crippen LogP contribution >= 0.6 is 0 Å². The van der Waals surface area contributed by atoms with Crippen LogP contribution in [0.5, 0.6) is 0 Å². The summed E-state index contributed by atoms with van der Waals surface area (Å²) in [7, 11) is 0. The van der Waals surface area contributed by atoms with Crippen molar-refractivity contribution in [1.82, 2.24) is 5.32 Å². The van der Waals surface area contributed by atoms with Gasteiger partial charge in [-0.3, -0.25) is 0 Å². The van der Waals surface area contributed by atoms with Crippen molar-refractivity contribution in [1.29, 1.82) is 0 Å². The molecule has 0 bridgehead atoms. The predicted octanol–water partition coefficient (Wildman–Crippen LogP) is 2.33. The van der Waals surface area contributed by atoms with Crippen LogP contribution in [-0.4, -0.2) is 36.5 Å². The molecule has 0 amide bonds. The van der Waals surface area contributed by atoms with Gasteiger partial charge in [0.05, 0.1) is 12.7 Å². The molecule has 2 rings (SSSR count). The Morgan fingerprint density at radius 2 is 2.00 bits per heavy atom. The highest BCUT2D eigenvalue weighted by atomic mass is 16.5. The Morgan fingerprint density at radius 3 is 2.50 bits per heavy atom. The fraction of sp³-hybridized carbons (Fsp3) is 1.00. The van der Waals surface area contributed by atoms with Gasteiger partial charge in [0.2, 0.25) is 0 Å². The van der Waals surface area contributed by atoms with E-state index in [1.165, 1.54) is 25.7 Å². The highest BCUT2D eigenvalue weighted by Gasteiger charge is 2.56. The monoisotopic (exact) mass is 255 g/mol. The number of ether oxygens (including phenoxy) is 1. The first-order valence-corrected chi connectivity index (χ1v) is 7.62. The van der Waals surface area contributed by atoms with Gasteiger partial charge in [-0.15, -0.1) is 0 Å². The van der Waals surface area contributed by atoms with Gasteiger partial charge < -0.3 is 15.2 Å².